The summed E-state index contributed by atoms with van der Waals surface area (Å²) in [6.45, 7) is 9.21. The molecule has 5 heteroatoms. The lowest BCUT2D eigenvalue weighted by atomic mass is 9.98. The number of hydrogen-bond donors (Lipinski definition) is 1. The molecule has 0 aliphatic heterocycles. The molecule has 17 heavy (non-hydrogen) atoms. The van der Waals surface area contributed by atoms with Crippen LogP contribution in [-0.4, -0.2) is 38.2 Å². The first-order chi connectivity index (χ1) is 8.01. The maximum Gasteiger partial charge on any atom is 0.138 e. The lowest BCUT2D eigenvalue weighted by molar-refractivity contribution is -0.0963. The summed E-state index contributed by atoms with van der Waals surface area (Å²) in [5, 5.41) is 14.3. The fourth-order valence-electron chi connectivity index (χ4n) is 1.73. The van der Waals surface area contributed by atoms with Crippen molar-refractivity contribution in [2.45, 2.75) is 58.8 Å². The summed E-state index contributed by atoms with van der Waals surface area (Å²) in [4.78, 5) is 4.18. The molecule has 1 N–H and O–H groups in total. The number of aliphatic hydroxyl groups excluding tert-OH is 1. The highest BCUT2D eigenvalue weighted by atomic mass is 16.5. The molecule has 1 rings (SSSR count). The molecular formula is C12H23N3O2. The van der Waals surface area contributed by atoms with Crippen LogP contribution < -0.4 is 0 Å². The Kier molecular flexibility index (Phi) is 5.08. The highest BCUT2D eigenvalue weighted by Gasteiger charge is 2.29. The molecule has 1 unspecified atom stereocenters. The summed E-state index contributed by atoms with van der Waals surface area (Å²) >= 11 is 0. The summed E-state index contributed by atoms with van der Waals surface area (Å²) in [5.74, 6) is 0.812. The van der Waals surface area contributed by atoms with Gasteiger partial charge in [0.15, 0.2) is 0 Å². The molecule has 0 fully saturated rings. The number of aryl methyl sites for hydroxylation is 1. The summed E-state index contributed by atoms with van der Waals surface area (Å²) in [5.41, 5.74) is -0.558. The van der Waals surface area contributed by atoms with Gasteiger partial charge in [-0.15, -0.1) is 0 Å². The van der Waals surface area contributed by atoms with Crippen LogP contribution in [0, 0.1) is 0 Å². The zero-order chi connectivity index (χ0) is 12.9. The van der Waals surface area contributed by atoms with Gasteiger partial charge >= 0.3 is 0 Å². The third kappa shape index (κ3) is 3.78. The molecule has 0 amide bonds. The van der Waals surface area contributed by atoms with Crippen LogP contribution in [0.1, 0.15) is 39.9 Å². The molecule has 1 aromatic heterocycles. The van der Waals surface area contributed by atoms with Crippen molar-refractivity contribution in [2.75, 3.05) is 6.61 Å². The minimum atomic E-state index is -0.581. The average molecular weight is 241 g/mol. The summed E-state index contributed by atoms with van der Waals surface area (Å²) in [6, 6.07) is 0. The van der Waals surface area contributed by atoms with E-state index in [0.717, 1.165) is 18.8 Å². The van der Waals surface area contributed by atoms with Crippen LogP contribution >= 0.6 is 0 Å². The Labute approximate surface area is 103 Å². The number of aliphatic hydroxyl groups is 1. The number of hydrogen-bond acceptors (Lipinski definition) is 4. The van der Waals surface area contributed by atoms with Gasteiger partial charge in [-0.05, 0) is 27.2 Å². The van der Waals surface area contributed by atoms with E-state index in [0.29, 0.717) is 13.0 Å². The fraction of sp³-hybridized carbons (Fsp3) is 0.833. The molecule has 1 heterocycles. The lowest BCUT2D eigenvalue weighted by Gasteiger charge is -2.30. The molecule has 0 radical (unpaired) electrons. The Bertz CT molecular complexity index is 336. The van der Waals surface area contributed by atoms with Crippen LogP contribution in [0.2, 0.25) is 0 Å². The van der Waals surface area contributed by atoms with Crippen molar-refractivity contribution in [3.63, 3.8) is 0 Å². The Morgan fingerprint density at radius 3 is 2.76 bits per heavy atom. The highest BCUT2D eigenvalue weighted by Crippen LogP contribution is 2.18. The van der Waals surface area contributed by atoms with Gasteiger partial charge in [0, 0.05) is 19.6 Å². The van der Waals surface area contributed by atoms with Gasteiger partial charge in [0.2, 0.25) is 0 Å². The smallest absolute Gasteiger partial charge is 0.138 e. The molecule has 5 nitrogen and oxygen atoms in total. The summed E-state index contributed by atoms with van der Waals surface area (Å²) in [6.07, 6.45) is 2.42. The Morgan fingerprint density at radius 1 is 1.47 bits per heavy atom. The molecule has 0 spiro atoms. The van der Waals surface area contributed by atoms with E-state index in [1.54, 1.807) is 0 Å². The van der Waals surface area contributed by atoms with Gasteiger partial charge in [-0.25, -0.2) is 4.98 Å². The molecule has 1 aromatic rings. The summed E-state index contributed by atoms with van der Waals surface area (Å²) < 4.78 is 7.37. The zero-order valence-electron chi connectivity index (χ0n) is 11.2. The van der Waals surface area contributed by atoms with Crippen LogP contribution in [0.3, 0.4) is 0 Å². The van der Waals surface area contributed by atoms with Crippen LogP contribution in [-0.2, 0) is 17.7 Å². The van der Waals surface area contributed by atoms with Gasteiger partial charge in [-0.1, -0.05) is 6.92 Å². The number of nitrogens with zero attached hydrogens (tertiary/aromatic N) is 3. The van der Waals surface area contributed by atoms with E-state index < -0.39 is 11.7 Å². The standard InChI is InChI=1S/C12H23N3O2/c1-5-7-15-11(13-9-14-15)8-10(16)12(3,4)17-6-2/h9-10,16H,5-8H2,1-4H3. The molecule has 0 aromatic carbocycles. The second-order valence-corrected chi connectivity index (χ2v) is 4.66. The number of rotatable bonds is 7. The molecule has 0 saturated carbocycles. The van der Waals surface area contributed by atoms with E-state index in [9.17, 15) is 5.11 Å². The van der Waals surface area contributed by atoms with Gasteiger partial charge in [-0.3, -0.25) is 4.68 Å². The van der Waals surface area contributed by atoms with Crippen LogP contribution in [0.4, 0.5) is 0 Å². The van der Waals surface area contributed by atoms with E-state index in [1.165, 1.54) is 6.33 Å². The number of ether oxygens (including phenoxy) is 1. The Hall–Kier alpha value is -0.940. The van der Waals surface area contributed by atoms with E-state index in [4.69, 9.17) is 4.74 Å². The first-order valence-electron chi connectivity index (χ1n) is 6.20. The molecule has 1 atom stereocenters. The second-order valence-electron chi connectivity index (χ2n) is 4.66. The van der Waals surface area contributed by atoms with E-state index >= 15 is 0 Å². The van der Waals surface area contributed by atoms with Crippen molar-refractivity contribution in [1.29, 1.82) is 0 Å². The van der Waals surface area contributed by atoms with Gasteiger partial charge in [0.05, 0.1) is 11.7 Å². The van der Waals surface area contributed by atoms with Crippen molar-refractivity contribution < 1.29 is 9.84 Å². The molecule has 0 aliphatic carbocycles. The van der Waals surface area contributed by atoms with Crippen molar-refractivity contribution in [3.8, 4) is 0 Å². The fourth-order valence-corrected chi connectivity index (χ4v) is 1.73. The minimum Gasteiger partial charge on any atom is -0.390 e. The second kappa shape index (κ2) is 6.12. The largest absolute Gasteiger partial charge is 0.390 e. The first-order valence-corrected chi connectivity index (χ1v) is 6.20. The summed E-state index contributed by atoms with van der Waals surface area (Å²) in [7, 11) is 0. The Morgan fingerprint density at radius 2 is 2.18 bits per heavy atom. The quantitative estimate of drug-likeness (QED) is 0.784. The maximum atomic E-state index is 10.2. The van der Waals surface area contributed by atoms with Gasteiger partial charge in [-0.2, -0.15) is 5.10 Å². The predicted molar refractivity (Wildman–Crippen MR) is 65.7 cm³/mol. The zero-order valence-corrected chi connectivity index (χ0v) is 11.2. The SMILES string of the molecule is CCCn1ncnc1CC(O)C(C)(C)OCC. The van der Waals surface area contributed by atoms with Crippen LogP contribution in [0.5, 0.6) is 0 Å². The topological polar surface area (TPSA) is 60.2 Å². The van der Waals surface area contributed by atoms with Crippen molar-refractivity contribution in [3.05, 3.63) is 12.2 Å². The third-order valence-electron chi connectivity index (χ3n) is 2.83. The van der Waals surface area contributed by atoms with Gasteiger partial charge in [0.1, 0.15) is 12.2 Å². The van der Waals surface area contributed by atoms with Gasteiger partial charge < -0.3 is 9.84 Å². The Balaban J connectivity index is 2.66. The van der Waals surface area contributed by atoms with Crippen LogP contribution in [0.15, 0.2) is 6.33 Å². The molecule has 0 saturated heterocycles. The maximum absolute atomic E-state index is 10.2. The van der Waals surface area contributed by atoms with Crippen molar-refractivity contribution in [2.24, 2.45) is 0 Å². The van der Waals surface area contributed by atoms with Crippen LogP contribution in [0.25, 0.3) is 0 Å². The van der Waals surface area contributed by atoms with E-state index in [-0.39, 0.29) is 0 Å². The predicted octanol–water partition coefficient (Wildman–Crippen LogP) is 1.41. The highest BCUT2D eigenvalue weighted by molar-refractivity contribution is 4.92. The monoisotopic (exact) mass is 241 g/mol. The van der Waals surface area contributed by atoms with Crippen molar-refractivity contribution >= 4 is 0 Å². The number of aromatic nitrogens is 3. The molecule has 98 valence electrons. The van der Waals surface area contributed by atoms with Crippen molar-refractivity contribution in [1.82, 2.24) is 14.8 Å². The first kappa shape index (κ1) is 14.1. The normalized spacial score (nSPS) is 13.9. The van der Waals surface area contributed by atoms with Gasteiger partial charge in [0.25, 0.3) is 0 Å². The minimum absolute atomic E-state index is 0.465. The van der Waals surface area contributed by atoms with E-state index in [1.807, 2.05) is 25.5 Å². The van der Waals surface area contributed by atoms with E-state index in [2.05, 4.69) is 17.0 Å². The molecular weight excluding hydrogens is 218 g/mol. The lowest BCUT2D eigenvalue weighted by Crippen LogP contribution is -2.41. The molecule has 0 bridgehead atoms. The molecule has 0 aliphatic rings. The average Bonchev–Trinajstić information content (AvgIpc) is 2.66. The third-order valence-corrected chi connectivity index (χ3v) is 2.83.